The Morgan fingerprint density at radius 1 is 1.29 bits per heavy atom. The van der Waals surface area contributed by atoms with Crippen molar-refractivity contribution in [2.75, 3.05) is 27.4 Å². The Kier molecular flexibility index (Phi) is 5.56. The molecule has 1 aromatic rings. The van der Waals surface area contributed by atoms with Crippen molar-refractivity contribution < 1.29 is 14.2 Å². The number of methoxy groups -OCH3 is 2. The van der Waals surface area contributed by atoms with E-state index < -0.39 is 0 Å². The first-order chi connectivity index (χ1) is 10.2. The molecule has 0 saturated carbocycles. The molecule has 2 rings (SSSR count). The van der Waals surface area contributed by atoms with Gasteiger partial charge in [0.2, 0.25) is 0 Å². The Hall–Kier alpha value is -1.62. The predicted octanol–water partition coefficient (Wildman–Crippen LogP) is 2.51. The normalized spacial score (nSPS) is 16.9. The van der Waals surface area contributed by atoms with Gasteiger partial charge in [0.05, 0.1) is 25.5 Å². The third-order valence-electron chi connectivity index (χ3n) is 3.60. The second-order valence-electron chi connectivity index (χ2n) is 5.52. The standard InChI is InChI=1S/C16H24N2O3/c1-11(2)13-9-14-12(10-17-13)8-15(20-4)16(18-14)21-7-5-6-19-3/h8,10-11,13H,5-7,9H2,1-4H3. The molecule has 116 valence electrons. The number of nitrogens with zero attached hydrogens (tertiary/aromatic N) is 2. The lowest BCUT2D eigenvalue weighted by atomic mass is 9.95. The summed E-state index contributed by atoms with van der Waals surface area (Å²) in [6.07, 6.45) is 3.57. The molecule has 0 aromatic carbocycles. The monoisotopic (exact) mass is 292 g/mol. The third-order valence-corrected chi connectivity index (χ3v) is 3.60. The van der Waals surface area contributed by atoms with Crippen LogP contribution in [0.4, 0.5) is 0 Å². The van der Waals surface area contributed by atoms with E-state index >= 15 is 0 Å². The molecule has 2 heterocycles. The highest BCUT2D eigenvalue weighted by molar-refractivity contribution is 5.83. The smallest absolute Gasteiger partial charge is 0.257 e. The molecular weight excluding hydrogens is 268 g/mol. The lowest BCUT2D eigenvalue weighted by molar-refractivity contribution is 0.168. The Morgan fingerprint density at radius 3 is 2.76 bits per heavy atom. The van der Waals surface area contributed by atoms with E-state index in [0.29, 0.717) is 36.8 Å². The maximum Gasteiger partial charge on any atom is 0.257 e. The van der Waals surface area contributed by atoms with E-state index in [1.54, 1.807) is 14.2 Å². The van der Waals surface area contributed by atoms with Gasteiger partial charge in [-0.25, -0.2) is 4.98 Å². The maximum absolute atomic E-state index is 5.73. The van der Waals surface area contributed by atoms with Gasteiger partial charge in [-0.15, -0.1) is 0 Å². The number of ether oxygens (including phenoxy) is 3. The Morgan fingerprint density at radius 2 is 2.10 bits per heavy atom. The molecule has 0 bridgehead atoms. The summed E-state index contributed by atoms with van der Waals surface area (Å²) in [6, 6.07) is 2.24. The summed E-state index contributed by atoms with van der Waals surface area (Å²) in [7, 11) is 3.31. The number of fused-ring (bicyclic) bond motifs is 1. The summed E-state index contributed by atoms with van der Waals surface area (Å²) in [4.78, 5) is 9.22. The summed E-state index contributed by atoms with van der Waals surface area (Å²) in [6.45, 7) is 5.60. The van der Waals surface area contributed by atoms with E-state index in [0.717, 1.165) is 24.1 Å². The first-order valence-electron chi connectivity index (χ1n) is 7.38. The predicted molar refractivity (Wildman–Crippen MR) is 82.7 cm³/mol. The zero-order valence-corrected chi connectivity index (χ0v) is 13.3. The highest BCUT2D eigenvalue weighted by atomic mass is 16.5. The van der Waals surface area contributed by atoms with Gasteiger partial charge in [-0.05, 0) is 12.0 Å². The lowest BCUT2D eigenvalue weighted by Gasteiger charge is -2.22. The van der Waals surface area contributed by atoms with Gasteiger partial charge >= 0.3 is 0 Å². The van der Waals surface area contributed by atoms with Crippen LogP contribution in [0.3, 0.4) is 0 Å². The van der Waals surface area contributed by atoms with Crippen molar-refractivity contribution >= 4 is 6.21 Å². The lowest BCUT2D eigenvalue weighted by Crippen LogP contribution is -2.22. The van der Waals surface area contributed by atoms with Crippen LogP contribution in [-0.2, 0) is 11.2 Å². The number of hydrogen-bond donors (Lipinski definition) is 0. The van der Waals surface area contributed by atoms with Crippen LogP contribution in [0.5, 0.6) is 11.6 Å². The molecule has 1 aromatic heterocycles. The topological polar surface area (TPSA) is 52.9 Å². The second-order valence-corrected chi connectivity index (χ2v) is 5.52. The summed E-state index contributed by atoms with van der Waals surface area (Å²) in [5.74, 6) is 1.72. The van der Waals surface area contributed by atoms with Crippen molar-refractivity contribution in [1.29, 1.82) is 0 Å². The molecule has 0 radical (unpaired) electrons. The molecule has 1 unspecified atom stereocenters. The first-order valence-corrected chi connectivity index (χ1v) is 7.38. The maximum atomic E-state index is 5.73. The molecule has 0 N–H and O–H groups in total. The SMILES string of the molecule is COCCCOc1nc2c(cc1OC)C=NC(C(C)C)C2. The zero-order chi connectivity index (χ0) is 15.2. The largest absolute Gasteiger partial charge is 0.491 e. The molecule has 0 fully saturated rings. The Balaban J connectivity index is 2.15. The Labute approximate surface area is 126 Å². The van der Waals surface area contributed by atoms with Crippen molar-refractivity contribution in [3.05, 3.63) is 17.3 Å². The minimum Gasteiger partial charge on any atom is -0.491 e. The van der Waals surface area contributed by atoms with E-state index in [4.69, 9.17) is 14.2 Å². The molecule has 21 heavy (non-hydrogen) atoms. The van der Waals surface area contributed by atoms with Gasteiger partial charge in [0, 0.05) is 38.3 Å². The van der Waals surface area contributed by atoms with Crippen molar-refractivity contribution in [1.82, 2.24) is 4.98 Å². The third kappa shape index (κ3) is 3.94. The average Bonchev–Trinajstić information content (AvgIpc) is 2.50. The minimum absolute atomic E-state index is 0.291. The summed E-state index contributed by atoms with van der Waals surface area (Å²) in [5.41, 5.74) is 2.05. The van der Waals surface area contributed by atoms with Crippen molar-refractivity contribution in [3.63, 3.8) is 0 Å². The summed E-state index contributed by atoms with van der Waals surface area (Å²) in [5, 5.41) is 0. The molecule has 0 saturated heterocycles. The molecule has 0 amide bonds. The van der Waals surface area contributed by atoms with Crippen LogP contribution < -0.4 is 9.47 Å². The van der Waals surface area contributed by atoms with E-state index in [9.17, 15) is 0 Å². The van der Waals surface area contributed by atoms with Crippen molar-refractivity contribution in [2.45, 2.75) is 32.7 Å². The number of rotatable bonds is 7. The number of pyridine rings is 1. The molecule has 0 spiro atoms. The Bertz CT molecular complexity index is 501. The highest BCUT2D eigenvalue weighted by Gasteiger charge is 2.21. The molecule has 1 aliphatic heterocycles. The van der Waals surface area contributed by atoms with E-state index in [1.807, 2.05) is 12.3 Å². The average molecular weight is 292 g/mol. The van der Waals surface area contributed by atoms with Crippen LogP contribution >= 0.6 is 0 Å². The van der Waals surface area contributed by atoms with Crippen LogP contribution in [-0.4, -0.2) is 44.7 Å². The van der Waals surface area contributed by atoms with Gasteiger partial charge in [-0.1, -0.05) is 13.8 Å². The molecule has 5 heteroatoms. The number of aromatic nitrogens is 1. The number of hydrogen-bond acceptors (Lipinski definition) is 5. The molecule has 0 aliphatic carbocycles. The minimum atomic E-state index is 0.291. The molecule has 1 aliphatic rings. The highest BCUT2D eigenvalue weighted by Crippen LogP contribution is 2.30. The fourth-order valence-electron chi connectivity index (χ4n) is 2.26. The quantitative estimate of drug-likeness (QED) is 0.725. The van der Waals surface area contributed by atoms with Crippen molar-refractivity contribution in [2.24, 2.45) is 10.9 Å². The van der Waals surface area contributed by atoms with Crippen LogP contribution in [0.15, 0.2) is 11.1 Å². The first kappa shape index (κ1) is 15.8. The van der Waals surface area contributed by atoms with Gasteiger partial charge in [0.15, 0.2) is 5.75 Å². The van der Waals surface area contributed by atoms with Gasteiger partial charge in [-0.3, -0.25) is 4.99 Å². The molecule has 5 nitrogen and oxygen atoms in total. The van der Waals surface area contributed by atoms with Crippen LogP contribution in [0.1, 0.15) is 31.5 Å². The van der Waals surface area contributed by atoms with Gasteiger partial charge in [-0.2, -0.15) is 0 Å². The van der Waals surface area contributed by atoms with Crippen molar-refractivity contribution in [3.8, 4) is 11.6 Å². The van der Waals surface area contributed by atoms with E-state index in [1.165, 1.54) is 0 Å². The second kappa shape index (κ2) is 7.41. The van der Waals surface area contributed by atoms with E-state index in [-0.39, 0.29) is 0 Å². The van der Waals surface area contributed by atoms with Gasteiger partial charge in [0.1, 0.15) is 0 Å². The summed E-state index contributed by atoms with van der Waals surface area (Å²) >= 11 is 0. The van der Waals surface area contributed by atoms with Crippen LogP contribution in [0.2, 0.25) is 0 Å². The zero-order valence-electron chi connectivity index (χ0n) is 13.3. The fraction of sp³-hybridized carbons (Fsp3) is 0.625. The molecule has 1 atom stereocenters. The van der Waals surface area contributed by atoms with Gasteiger partial charge in [0.25, 0.3) is 5.88 Å². The van der Waals surface area contributed by atoms with E-state index in [2.05, 4.69) is 23.8 Å². The van der Waals surface area contributed by atoms with Crippen LogP contribution in [0, 0.1) is 5.92 Å². The number of aliphatic imine (C=N–C) groups is 1. The van der Waals surface area contributed by atoms with Crippen LogP contribution in [0.25, 0.3) is 0 Å². The van der Waals surface area contributed by atoms with Gasteiger partial charge < -0.3 is 14.2 Å². The summed E-state index contributed by atoms with van der Waals surface area (Å²) < 4.78 is 16.1. The fourth-order valence-corrected chi connectivity index (χ4v) is 2.26. The molecular formula is C16H24N2O3.